The van der Waals surface area contributed by atoms with Crippen molar-refractivity contribution in [3.05, 3.63) is 52.2 Å². The van der Waals surface area contributed by atoms with Crippen LogP contribution in [0, 0.1) is 6.92 Å². The minimum Gasteiger partial charge on any atom is -0.491 e. The standard InChI is InChI=1S/C20H27NO3S/c1-16-9-11-25-20(16)14-21(13-19-8-5-10-23-19)12-17(22)15-24-18-6-3-2-4-7-18/h2-4,6-7,9,11,17,19,22H,5,8,10,12-15H2,1H3. The molecule has 4 nitrogen and oxygen atoms in total. The smallest absolute Gasteiger partial charge is 0.119 e. The van der Waals surface area contributed by atoms with Crippen LogP contribution in [0.4, 0.5) is 0 Å². The third kappa shape index (κ3) is 5.82. The van der Waals surface area contributed by atoms with Crippen molar-refractivity contribution in [2.75, 3.05) is 26.3 Å². The Morgan fingerprint density at radius 3 is 2.84 bits per heavy atom. The first-order valence-electron chi connectivity index (χ1n) is 8.93. The van der Waals surface area contributed by atoms with Crippen molar-refractivity contribution in [2.24, 2.45) is 0 Å². The van der Waals surface area contributed by atoms with Gasteiger partial charge in [-0.2, -0.15) is 0 Å². The second-order valence-electron chi connectivity index (χ2n) is 6.63. The van der Waals surface area contributed by atoms with Crippen LogP contribution < -0.4 is 4.74 Å². The zero-order valence-electron chi connectivity index (χ0n) is 14.8. The summed E-state index contributed by atoms with van der Waals surface area (Å²) in [7, 11) is 0. The topological polar surface area (TPSA) is 41.9 Å². The molecule has 5 heteroatoms. The molecular formula is C20H27NO3S. The minimum atomic E-state index is -0.526. The summed E-state index contributed by atoms with van der Waals surface area (Å²) in [5.74, 6) is 0.793. The number of ether oxygens (including phenoxy) is 2. The van der Waals surface area contributed by atoms with E-state index < -0.39 is 6.10 Å². The first kappa shape index (κ1) is 18.4. The normalized spacial score (nSPS) is 18.6. The number of aliphatic hydroxyl groups excluding tert-OH is 1. The molecule has 2 atom stereocenters. The van der Waals surface area contributed by atoms with E-state index >= 15 is 0 Å². The predicted molar refractivity (Wildman–Crippen MR) is 101 cm³/mol. The van der Waals surface area contributed by atoms with Gasteiger partial charge in [0.25, 0.3) is 0 Å². The predicted octanol–water partition coefficient (Wildman–Crippen LogP) is 3.48. The summed E-state index contributed by atoms with van der Waals surface area (Å²) >= 11 is 1.78. The number of rotatable bonds is 9. The van der Waals surface area contributed by atoms with Gasteiger partial charge < -0.3 is 14.6 Å². The molecule has 0 spiro atoms. The van der Waals surface area contributed by atoms with Gasteiger partial charge >= 0.3 is 0 Å². The van der Waals surface area contributed by atoms with Crippen LogP contribution in [0.3, 0.4) is 0 Å². The van der Waals surface area contributed by atoms with Crippen molar-refractivity contribution >= 4 is 11.3 Å². The molecule has 1 aliphatic heterocycles. The lowest BCUT2D eigenvalue weighted by Crippen LogP contribution is -2.39. The molecule has 25 heavy (non-hydrogen) atoms. The average molecular weight is 362 g/mol. The van der Waals surface area contributed by atoms with Gasteiger partial charge in [-0.05, 0) is 48.9 Å². The summed E-state index contributed by atoms with van der Waals surface area (Å²) in [5.41, 5.74) is 1.32. The van der Waals surface area contributed by atoms with Crippen LogP contribution in [-0.4, -0.2) is 48.5 Å². The summed E-state index contributed by atoms with van der Waals surface area (Å²) < 4.78 is 11.5. The second kappa shape index (κ2) is 9.34. The summed E-state index contributed by atoms with van der Waals surface area (Å²) in [6, 6.07) is 11.8. The third-order valence-corrected chi connectivity index (χ3v) is 5.48. The molecule has 0 saturated carbocycles. The maximum atomic E-state index is 10.4. The van der Waals surface area contributed by atoms with E-state index in [2.05, 4.69) is 23.3 Å². The maximum absolute atomic E-state index is 10.4. The Balaban J connectivity index is 1.54. The molecule has 2 aromatic rings. The van der Waals surface area contributed by atoms with E-state index in [-0.39, 0.29) is 6.10 Å². The monoisotopic (exact) mass is 361 g/mol. The Kier molecular flexibility index (Phi) is 6.87. The summed E-state index contributed by atoms with van der Waals surface area (Å²) in [6.07, 6.45) is 2.00. The van der Waals surface area contributed by atoms with Gasteiger partial charge in [-0.15, -0.1) is 11.3 Å². The van der Waals surface area contributed by atoms with Crippen LogP contribution in [0.5, 0.6) is 5.75 Å². The SMILES string of the molecule is Cc1ccsc1CN(CC(O)COc1ccccc1)CC1CCCO1. The molecule has 0 aliphatic carbocycles. The zero-order valence-corrected chi connectivity index (χ0v) is 15.6. The number of benzene rings is 1. The van der Waals surface area contributed by atoms with Crippen molar-refractivity contribution in [3.8, 4) is 5.75 Å². The Bertz CT molecular complexity index is 625. The van der Waals surface area contributed by atoms with Gasteiger partial charge in [-0.25, -0.2) is 0 Å². The van der Waals surface area contributed by atoms with Gasteiger partial charge in [-0.1, -0.05) is 18.2 Å². The van der Waals surface area contributed by atoms with Crippen LogP contribution >= 0.6 is 11.3 Å². The van der Waals surface area contributed by atoms with Crippen LogP contribution in [0.15, 0.2) is 41.8 Å². The lowest BCUT2D eigenvalue weighted by Gasteiger charge is -2.27. The Hall–Kier alpha value is -1.40. The highest BCUT2D eigenvalue weighted by Crippen LogP contribution is 2.20. The zero-order chi connectivity index (χ0) is 17.5. The molecule has 2 heterocycles. The summed E-state index contributed by atoms with van der Waals surface area (Å²) in [6.45, 7) is 5.60. The van der Waals surface area contributed by atoms with E-state index in [1.807, 2.05) is 30.3 Å². The number of hydrogen-bond donors (Lipinski definition) is 1. The number of para-hydroxylation sites is 1. The Morgan fingerprint density at radius 1 is 1.32 bits per heavy atom. The van der Waals surface area contributed by atoms with Crippen LogP contribution in [0.2, 0.25) is 0 Å². The molecule has 136 valence electrons. The van der Waals surface area contributed by atoms with E-state index in [4.69, 9.17) is 9.47 Å². The minimum absolute atomic E-state index is 0.280. The number of aliphatic hydroxyl groups is 1. The van der Waals surface area contributed by atoms with Crippen molar-refractivity contribution in [1.82, 2.24) is 4.90 Å². The molecular weight excluding hydrogens is 334 g/mol. The average Bonchev–Trinajstić information content (AvgIpc) is 3.26. The first-order chi connectivity index (χ1) is 12.2. The molecule has 1 aromatic carbocycles. The maximum Gasteiger partial charge on any atom is 0.119 e. The number of hydrogen-bond acceptors (Lipinski definition) is 5. The molecule has 1 fully saturated rings. The third-order valence-electron chi connectivity index (χ3n) is 4.48. The van der Waals surface area contributed by atoms with Crippen LogP contribution in [0.25, 0.3) is 0 Å². The fourth-order valence-corrected chi connectivity index (χ4v) is 4.06. The van der Waals surface area contributed by atoms with E-state index in [9.17, 15) is 5.11 Å². The molecule has 0 amide bonds. The first-order valence-corrected chi connectivity index (χ1v) is 9.81. The van der Waals surface area contributed by atoms with Gasteiger partial charge in [0.1, 0.15) is 18.5 Å². The highest BCUT2D eigenvalue weighted by Gasteiger charge is 2.22. The Labute approximate surface area is 154 Å². The number of nitrogens with zero attached hydrogens (tertiary/aromatic N) is 1. The van der Waals surface area contributed by atoms with E-state index in [0.29, 0.717) is 13.2 Å². The van der Waals surface area contributed by atoms with Crippen molar-refractivity contribution in [1.29, 1.82) is 0 Å². The fraction of sp³-hybridized carbons (Fsp3) is 0.500. The lowest BCUT2D eigenvalue weighted by atomic mass is 10.2. The second-order valence-corrected chi connectivity index (χ2v) is 7.63. The summed E-state index contributed by atoms with van der Waals surface area (Å²) in [5, 5.41) is 12.6. The van der Waals surface area contributed by atoms with Gasteiger partial charge in [-0.3, -0.25) is 4.90 Å². The van der Waals surface area contributed by atoms with Crippen LogP contribution in [-0.2, 0) is 11.3 Å². The quantitative estimate of drug-likeness (QED) is 0.742. The molecule has 1 saturated heterocycles. The van der Waals surface area contributed by atoms with E-state index in [1.54, 1.807) is 11.3 Å². The highest BCUT2D eigenvalue weighted by atomic mass is 32.1. The van der Waals surface area contributed by atoms with Crippen LogP contribution in [0.1, 0.15) is 23.3 Å². The van der Waals surface area contributed by atoms with Gasteiger partial charge in [0, 0.05) is 31.1 Å². The molecule has 0 radical (unpaired) electrons. The fourth-order valence-electron chi connectivity index (χ4n) is 3.11. The Morgan fingerprint density at radius 2 is 2.16 bits per heavy atom. The number of aryl methyl sites for hydroxylation is 1. The molecule has 3 rings (SSSR count). The molecule has 1 N–H and O–H groups in total. The lowest BCUT2D eigenvalue weighted by molar-refractivity contribution is 0.0316. The summed E-state index contributed by atoms with van der Waals surface area (Å²) in [4.78, 5) is 3.66. The van der Waals surface area contributed by atoms with Gasteiger partial charge in [0.15, 0.2) is 0 Å². The van der Waals surface area contributed by atoms with E-state index in [1.165, 1.54) is 10.4 Å². The van der Waals surface area contributed by atoms with Crippen molar-refractivity contribution in [2.45, 2.75) is 38.5 Å². The van der Waals surface area contributed by atoms with Crippen molar-refractivity contribution < 1.29 is 14.6 Å². The van der Waals surface area contributed by atoms with Gasteiger partial charge in [0.2, 0.25) is 0 Å². The molecule has 1 aliphatic rings. The molecule has 1 aromatic heterocycles. The van der Waals surface area contributed by atoms with E-state index in [0.717, 1.165) is 38.3 Å². The van der Waals surface area contributed by atoms with Gasteiger partial charge in [0.05, 0.1) is 6.10 Å². The number of thiophene rings is 1. The highest BCUT2D eigenvalue weighted by molar-refractivity contribution is 7.10. The van der Waals surface area contributed by atoms with Crippen molar-refractivity contribution in [3.63, 3.8) is 0 Å². The molecule has 0 bridgehead atoms. The molecule has 2 unspecified atom stereocenters. The largest absolute Gasteiger partial charge is 0.491 e.